The van der Waals surface area contributed by atoms with Gasteiger partial charge in [0.1, 0.15) is 17.4 Å². The lowest BCUT2D eigenvalue weighted by Gasteiger charge is -2.56. The molecule has 6 aliphatic rings. The van der Waals surface area contributed by atoms with Crippen LogP contribution >= 0.6 is 0 Å². The highest BCUT2D eigenvalue weighted by molar-refractivity contribution is 6.26. The summed E-state index contributed by atoms with van der Waals surface area (Å²) < 4.78 is 24.0. The summed E-state index contributed by atoms with van der Waals surface area (Å²) in [5.41, 5.74) is -1.85. The Labute approximate surface area is 325 Å². The molecule has 2 saturated heterocycles. The number of ether oxygens (including phenoxy) is 4. The number of rotatable bonds is 4. The zero-order valence-electron chi connectivity index (χ0n) is 34.2. The molecular weight excluding hydrogens is 704 g/mol. The fourth-order valence-corrected chi connectivity index (χ4v) is 11.5. The number of aliphatic hydroxyl groups excluding tert-OH is 1. The number of methoxy groups -OCH3 is 1. The Balaban J connectivity index is 1.50. The molecule has 15 atom stereocenters. The molecule has 15 unspecified atom stereocenters. The van der Waals surface area contributed by atoms with Crippen LogP contribution in [0.25, 0.3) is 0 Å². The highest BCUT2D eigenvalue weighted by Crippen LogP contribution is 2.61. The third kappa shape index (κ3) is 6.58. The number of aliphatic hydroxyl groups is 1. The first kappa shape index (κ1) is 40.9. The van der Waals surface area contributed by atoms with Gasteiger partial charge in [0, 0.05) is 35.5 Å². The molecule has 0 radical (unpaired) electrons. The monoisotopic (exact) mass is 764 g/mol. The smallest absolute Gasteiger partial charge is 0.407 e. The van der Waals surface area contributed by atoms with E-state index in [1.807, 2.05) is 40.7 Å². The molecule has 0 aromatic heterocycles. The fourth-order valence-electron chi connectivity index (χ4n) is 11.5. The summed E-state index contributed by atoms with van der Waals surface area (Å²) in [6.45, 7) is 19.7. The van der Waals surface area contributed by atoms with Crippen molar-refractivity contribution in [2.24, 2.45) is 52.8 Å². The number of nitro groups is 1. The van der Waals surface area contributed by atoms with Crippen LogP contribution in [0.4, 0.5) is 4.79 Å². The van der Waals surface area contributed by atoms with E-state index in [0.29, 0.717) is 18.3 Å². The topological polar surface area (TPSA) is 164 Å². The van der Waals surface area contributed by atoms with Crippen molar-refractivity contribution >= 4 is 17.8 Å². The molecule has 0 aromatic rings. The van der Waals surface area contributed by atoms with E-state index in [-0.39, 0.29) is 53.8 Å². The fraction of sp³-hybridized carbons (Fsp3) is 0.698. The summed E-state index contributed by atoms with van der Waals surface area (Å²) in [4.78, 5) is 53.6. The summed E-state index contributed by atoms with van der Waals surface area (Å²) in [6.07, 6.45) is 8.62. The Morgan fingerprint density at radius 3 is 2.38 bits per heavy atom. The van der Waals surface area contributed by atoms with E-state index < -0.39 is 69.8 Å². The van der Waals surface area contributed by atoms with Gasteiger partial charge >= 0.3 is 12.1 Å². The maximum Gasteiger partial charge on any atom is 0.407 e. The van der Waals surface area contributed by atoms with Gasteiger partial charge in [-0.2, -0.15) is 0 Å². The molecule has 1 spiro atoms. The maximum atomic E-state index is 15.0. The van der Waals surface area contributed by atoms with E-state index in [2.05, 4.69) is 50.4 Å². The van der Waals surface area contributed by atoms with Crippen molar-refractivity contribution in [2.75, 3.05) is 7.11 Å². The SMILES string of the molecule is COC(=O)NC1C(C)OC(OC2C/C=C(\C)C3C=CC4C(C)C(C)CC(C)C4C3(C)/C(O)=C3\C(=O)OC4(CC(C)=CC(C)C4/C=C/2C)C3=O)CC1(C)[N+](=O)[O-]. The van der Waals surface area contributed by atoms with Gasteiger partial charge < -0.3 is 29.4 Å². The third-order valence-electron chi connectivity index (χ3n) is 14.5. The molecule has 1 amide bonds. The maximum absolute atomic E-state index is 15.0. The first-order chi connectivity index (χ1) is 25.7. The number of ketones is 1. The molecule has 2 N–H and O–H groups in total. The van der Waals surface area contributed by atoms with Crippen molar-refractivity contribution in [1.29, 1.82) is 0 Å². The molecule has 2 aliphatic heterocycles. The van der Waals surface area contributed by atoms with Crippen LogP contribution in [0.15, 0.2) is 58.4 Å². The van der Waals surface area contributed by atoms with E-state index in [1.54, 1.807) is 6.92 Å². The van der Waals surface area contributed by atoms with E-state index in [1.165, 1.54) is 14.0 Å². The number of hydrogen-bond donors (Lipinski definition) is 2. The highest BCUT2D eigenvalue weighted by atomic mass is 16.7. The number of alkyl carbamates (subject to hydrolysis) is 1. The average Bonchev–Trinajstić information content (AvgIpc) is 3.35. The average molecular weight is 765 g/mol. The number of fused-ring (bicyclic) bond motifs is 4. The minimum atomic E-state index is -1.64. The number of amides is 1. The van der Waals surface area contributed by atoms with Crippen LogP contribution in [0.1, 0.15) is 94.9 Å². The molecule has 12 nitrogen and oxygen atoms in total. The molecule has 2 heterocycles. The second kappa shape index (κ2) is 14.6. The van der Waals surface area contributed by atoms with E-state index in [4.69, 9.17) is 18.9 Å². The number of hydrogen-bond acceptors (Lipinski definition) is 10. The van der Waals surface area contributed by atoms with Gasteiger partial charge in [-0.05, 0) is 81.6 Å². The largest absolute Gasteiger partial charge is 0.511 e. The van der Waals surface area contributed by atoms with Crippen LogP contribution in [0.5, 0.6) is 0 Å². The Hall–Kier alpha value is -3.77. The normalized spacial score (nSPS) is 47.7. The lowest BCUT2D eigenvalue weighted by molar-refractivity contribution is -0.584. The first-order valence-corrected chi connectivity index (χ1v) is 19.9. The van der Waals surface area contributed by atoms with Gasteiger partial charge in [-0.15, -0.1) is 0 Å². The van der Waals surface area contributed by atoms with Crippen molar-refractivity contribution in [1.82, 2.24) is 5.32 Å². The van der Waals surface area contributed by atoms with Gasteiger partial charge in [-0.25, -0.2) is 9.59 Å². The van der Waals surface area contributed by atoms with Crippen molar-refractivity contribution in [2.45, 2.75) is 131 Å². The van der Waals surface area contributed by atoms with Gasteiger partial charge in [-0.3, -0.25) is 14.9 Å². The predicted octanol–water partition coefficient (Wildman–Crippen LogP) is 7.58. The van der Waals surface area contributed by atoms with Crippen LogP contribution in [-0.2, 0) is 28.5 Å². The predicted molar refractivity (Wildman–Crippen MR) is 205 cm³/mol. The summed E-state index contributed by atoms with van der Waals surface area (Å²) in [5.74, 6) is -1.60. The van der Waals surface area contributed by atoms with Gasteiger partial charge in [0.05, 0.1) is 25.7 Å². The van der Waals surface area contributed by atoms with Crippen molar-refractivity contribution in [3.63, 3.8) is 0 Å². The number of carbonyl (C=O) groups excluding carboxylic acids is 3. The minimum Gasteiger partial charge on any atom is -0.511 e. The zero-order chi connectivity index (χ0) is 40.5. The lowest BCUT2D eigenvalue weighted by atomic mass is 9.48. The standard InChI is InChI=1S/C43H60N2O10/c1-21-16-24(4)31-18-25(5)32(54-33-20-41(9,45(50)51)36(28(8)53-33)44-40(49)52-11)15-12-22(2)30-14-13-29-27(7)23(3)17-26(6)35(29)42(30,10)37(46)34-38(47)43(31,19-21)55-39(34)48/h12-14,16,18,23-24,26-33,35-36,46H,15,17,19-20H2,1-11H3,(H,44,49)/b22-12+,25-18+,37-34+. The van der Waals surface area contributed by atoms with Gasteiger partial charge in [0.25, 0.3) is 0 Å². The van der Waals surface area contributed by atoms with Crippen LogP contribution in [0, 0.1) is 62.9 Å². The minimum absolute atomic E-state index is 0.0649. The Kier molecular flexibility index (Phi) is 10.9. The number of nitrogens with one attached hydrogen (secondary N) is 1. The van der Waals surface area contributed by atoms with Crippen LogP contribution in [-0.4, -0.2) is 70.7 Å². The molecule has 55 heavy (non-hydrogen) atoms. The first-order valence-electron chi connectivity index (χ1n) is 19.9. The van der Waals surface area contributed by atoms with Gasteiger partial charge in [0.15, 0.2) is 11.9 Å². The van der Waals surface area contributed by atoms with Crippen LogP contribution in [0.3, 0.4) is 0 Å². The van der Waals surface area contributed by atoms with E-state index >= 15 is 4.79 Å². The molecule has 12 heteroatoms. The molecule has 4 aliphatic carbocycles. The molecule has 302 valence electrons. The number of nitrogens with zero attached hydrogens (tertiary/aromatic N) is 1. The second-order valence-electron chi connectivity index (χ2n) is 18.1. The molecule has 2 bridgehead atoms. The van der Waals surface area contributed by atoms with E-state index in [0.717, 1.165) is 23.1 Å². The van der Waals surface area contributed by atoms with E-state index in [9.17, 15) is 24.8 Å². The van der Waals surface area contributed by atoms with Gasteiger partial charge in [0.2, 0.25) is 11.3 Å². The highest BCUT2D eigenvalue weighted by Gasteiger charge is 2.63. The summed E-state index contributed by atoms with van der Waals surface area (Å²) in [6, 6.07) is -0.989. The Morgan fingerprint density at radius 2 is 1.73 bits per heavy atom. The van der Waals surface area contributed by atoms with Crippen LogP contribution < -0.4 is 5.32 Å². The van der Waals surface area contributed by atoms with Crippen molar-refractivity contribution in [3.05, 3.63) is 68.5 Å². The number of allylic oxidation sites excluding steroid dienone is 5. The van der Waals surface area contributed by atoms with Crippen molar-refractivity contribution < 1.29 is 43.4 Å². The third-order valence-corrected chi connectivity index (χ3v) is 14.5. The Bertz CT molecular complexity index is 1780. The molecule has 1 saturated carbocycles. The molecule has 6 rings (SSSR count). The molecule has 0 aromatic carbocycles. The molecular formula is C43H60N2O10. The number of carbonyl (C=O) groups is 3. The summed E-state index contributed by atoms with van der Waals surface area (Å²) in [7, 11) is 1.20. The number of esters is 1. The summed E-state index contributed by atoms with van der Waals surface area (Å²) in [5, 5.41) is 27.9. The molecule has 3 fully saturated rings. The Morgan fingerprint density at radius 1 is 1.04 bits per heavy atom. The zero-order valence-corrected chi connectivity index (χ0v) is 34.2. The van der Waals surface area contributed by atoms with Crippen molar-refractivity contribution in [3.8, 4) is 0 Å². The van der Waals surface area contributed by atoms with Gasteiger partial charge in [-0.1, -0.05) is 76.1 Å². The lowest BCUT2D eigenvalue weighted by Crippen LogP contribution is -2.65. The summed E-state index contributed by atoms with van der Waals surface area (Å²) >= 11 is 0. The van der Waals surface area contributed by atoms with Crippen LogP contribution in [0.2, 0.25) is 0 Å². The quantitative estimate of drug-likeness (QED) is 0.0959. The number of Topliss-reactive ketones (excluding diaryl/α,β-unsaturated/α-hetero) is 1. The second-order valence-corrected chi connectivity index (χ2v) is 18.1.